The summed E-state index contributed by atoms with van der Waals surface area (Å²) in [7, 11) is 0. The first-order valence-corrected chi connectivity index (χ1v) is 6.96. The summed E-state index contributed by atoms with van der Waals surface area (Å²) in [6.07, 6.45) is 0.0780. The molecule has 0 bridgehead atoms. The summed E-state index contributed by atoms with van der Waals surface area (Å²) in [6, 6.07) is 0. The number of carbonyl (C=O) groups excluding carboxylic acids is 1. The number of hydrogen-bond donors (Lipinski definition) is 0. The van der Waals surface area contributed by atoms with E-state index >= 15 is 0 Å². The molecule has 1 amide bonds. The highest BCUT2D eigenvalue weighted by molar-refractivity contribution is 5.74. The molecule has 1 aromatic rings. The number of hydrogen-bond acceptors (Lipinski definition) is 5. The Morgan fingerprint density at radius 2 is 2.10 bits per heavy atom. The summed E-state index contributed by atoms with van der Waals surface area (Å²) >= 11 is 0. The molecular formula is C14H23N3O3. The van der Waals surface area contributed by atoms with Gasteiger partial charge in [0.15, 0.2) is 0 Å². The Morgan fingerprint density at radius 3 is 2.65 bits per heavy atom. The minimum atomic E-state index is 0.0780. The van der Waals surface area contributed by atoms with E-state index in [2.05, 4.69) is 37.9 Å². The molecule has 2 heterocycles. The first kappa shape index (κ1) is 15.0. The molecule has 1 aliphatic rings. The Bertz CT molecular complexity index is 472. The van der Waals surface area contributed by atoms with Gasteiger partial charge in [-0.15, -0.1) is 10.2 Å². The summed E-state index contributed by atoms with van der Waals surface area (Å²) in [5.41, 5.74) is 0.0840. The number of rotatable bonds is 4. The Kier molecular flexibility index (Phi) is 4.13. The van der Waals surface area contributed by atoms with E-state index in [1.807, 2.05) is 0 Å². The van der Waals surface area contributed by atoms with Gasteiger partial charge in [0.25, 0.3) is 0 Å². The van der Waals surface area contributed by atoms with Crippen LogP contribution in [-0.4, -0.2) is 40.2 Å². The lowest BCUT2D eigenvalue weighted by molar-refractivity contribution is -0.143. The van der Waals surface area contributed by atoms with E-state index in [1.165, 1.54) is 0 Å². The zero-order valence-electron chi connectivity index (χ0n) is 12.8. The van der Waals surface area contributed by atoms with E-state index in [0.29, 0.717) is 31.5 Å². The van der Waals surface area contributed by atoms with E-state index < -0.39 is 0 Å². The van der Waals surface area contributed by atoms with Crippen LogP contribution in [0.3, 0.4) is 0 Å². The van der Waals surface area contributed by atoms with Crippen molar-refractivity contribution in [3.05, 3.63) is 11.8 Å². The molecule has 1 aromatic heterocycles. The molecule has 20 heavy (non-hydrogen) atoms. The third-order valence-corrected chi connectivity index (χ3v) is 3.89. The first-order chi connectivity index (χ1) is 9.27. The van der Waals surface area contributed by atoms with Gasteiger partial charge in [-0.25, -0.2) is 0 Å². The lowest BCUT2D eigenvalue weighted by Gasteiger charge is -2.37. The molecule has 6 nitrogen and oxygen atoms in total. The van der Waals surface area contributed by atoms with Gasteiger partial charge in [-0.2, -0.15) is 0 Å². The number of ether oxygens (including phenoxy) is 1. The number of aromatic nitrogens is 2. The van der Waals surface area contributed by atoms with Crippen LogP contribution in [0, 0.1) is 5.41 Å². The normalized spacial score (nSPS) is 17.9. The van der Waals surface area contributed by atoms with Crippen LogP contribution in [0.2, 0.25) is 0 Å². The van der Waals surface area contributed by atoms with Crippen LogP contribution in [0.4, 0.5) is 0 Å². The van der Waals surface area contributed by atoms with E-state index in [4.69, 9.17) is 9.15 Å². The second kappa shape index (κ2) is 5.52. The largest absolute Gasteiger partial charge is 0.422 e. The Hall–Kier alpha value is -1.43. The second-order valence-electron chi connectivity index (χ2n) is 6.48. The van der Waals surface area contributed by atoms with Crippen molar-refractivity contribution in [2.24, 2.45) is 5.41 Å². The van der Waals surface area contributed by atoms with Crippen molar-refractivity contribution in [1.82, 2.24) is 15.1 Å². The first-order valence-electron chi connectivity index (χ1n) is 6.96. The molecular weight excluding hydrogens is 258 g/mol. The zero-order valence-corrected chi connectivity index (χ0v) is 12.8. The molecule has 1 saturated heterocycles. The van der Waals surface area contributed by atoms with E-state index in [0.717, 1.165) is 0 Å². The summed E-state index contributed by atoms with van der Waals surface area (Å²) in [4.78, 5) is 12.8. The minimum absolute atomic E-state index is 0.0780. The summed E-state index contributed by atoms with van der Waals surface area (Å²) in [6.45, 7) is 11.7. The van der Waals surface area contributed by atoms with Crippen LogP contribution in [0.5, 0.6) is 0 Å². The maximum atomic E-state index is 11.0. The van der Waals surface area contributed by atoms with Crippen LogP contribution >= 0.6 is 0 Å². The van der Waals surface area contributed by atoms with Gasteiger partial charge in [-0.1, -0.05) is 27.7 Å². The summed E-state index contributed by atoms with van der Waals surface area (Å²) in [5, 5.41) is 8.10. The van der Waals surface area contributed by atoms with Gasteiger partial charge in [-0.05, 0) is 5.41 Å². The van der Waals surface area contributed by atoms with Crippen LogP contribution in [0.1, 0.15) is 52.3 Å². The van der Waals surface area contributed by atoms with E-state index in [-0.39, 0.29) is 23.3 Å². The number of amides is 1. The molecule has 0 saturated carbocycles. The van der Waals surface area contributed by atoms with Crippen molar-refractivity contribution in [3.63, 3.8) is 0 Å². The van der Waals surface area contributed by atoms with Gasteiger partial charge in [0, 0.05) is 25.9 Å². The highest BCUT2D eigenvalue weighted by Crippen LogP contribution is 2.33. The maximum absolute atomic E-state index is 11.0. The van der Waals surface area contributed by atoms with Gasteiger partial charge >= 0.3 is 0 Å². The molecule has 0 aliphatic carbocycles. The lowest BCUT2D eigenvalue weighted by atomic mass is 9.82. The molecule has 1 unspecified atom stereocenters. The molecule has 6 heteroatoms. The van der Waals surface area contributed by atoms with Gasteiger partial charge in [0.2, 0.25) is 17.7 Å². The van der Waals surface area contributed by atoms with Crippen molar-refractivity contribution in [2.45, 2.75) is 53.2 Å². The predicted molar refractivity (Wildman–Crippen MR) is 73.0 cm³/mol. The molecule has 2 rings (SSSR count). The van der Waals surface area contributed by atoms with Crippen molar-refractivity contribution < 1.29 is 13.9 Å². The molecule has 0 radical (unpaired) electrons. The Morgan fingerprint density at radius 1 is 1.45 bits per heavy atom. The summed E-state index contributed by atoms with van der Waals surface area (Å²) < 4.78 is 11.3. The highest BCUT2D eigenvalue weighted by Gasteiger charge is 2.30. The van der Waals surface area contributed by atoms with Crippen LogP contribution in [0.25, 0.3) is 0 Å². The molecule has 112 valence electrons. The van der Waals surface area contributed by atoms with Gasteiger partial charge < -0.3 is 14.1 Å². The van der Waals surface area contributed by atoms with Crippen molar-refractivity contribution in [2.75, 3.05) is 13.1 Å². The standard InChI is InChI=1S/C14H23N3O3/c1-9(14(3,4)5)13-16-15-12(20-13)8-19-11-6-17(7-11)10(2)18/h9,11H,6-8H2,1-5H3. The molecule has 0 N–H and O–H groups in total. The predicted octanol–water partition coefficient (Wildman–Crippen LogP) is 1.97. The van der Waals surface area contributed by atoms with Crippen LogP contribution in [-0.2, 0) is 16.1 Å². The number of nitrogens with zero attached hydrogens (tertiary/aromatic N) is 3. The Balaban J connectivity index is 1.81. The number of likely N-dealkylation sites (tertiary alicyclic amines) is 1. The third-order valence-electron chi connectivity index (χ3n) is 3.89. The quantitative estimate of drug-likeness (QED) is 0.844. The average Bonchev–Trinajstić information content (AvgIpc) is 2.72. The Labute approximate surface area is 119 Å². The number of carbonyl (C=O) groups is 1. The van der Waals surface area contributed by atoms with Gasteiger partial charge in [0.1, 0.15) is 6.61 Å². The summed E-state index contributed by atoms with van der Waals surface area (Å²) in [5.74, 6) is 1.43. The zero-order chi connectivity index (χ0) is 14.9. The highest BCUT2D eigenvalue weighted by atomic mass is 16.5. The lowest BCUT2D eigenvalue weighted by Crippen LogP contribution is -2.53. The average molecular weight is 281 g/mol. The SMILES string of the molecule is CC(=O)N1CC(OCc2nnc(C(C)C(C)(C)C)o2)C1. The fourth-order valence-electron chi connectivity index (χ4n) is 1.86. The second-order valence-corrected chi connectivity index (χ2v) is 6.48. The van der Waals surface area contributed by atoms with Crippen LogP contribution in [0.15, 0.2) is 4.42 Å². The molecule has 0 aromatic carbocycles. The van der Waals surface area contributed by atoms with Crippen molar-refractivity contribution in [1.29, 1.82) is 0 Å². The molecule has 1 aliphatic heterocycles. The smallest absolute Gasteiger partial charge is 0.242 e. The van der Waals surface area contributed by atoms with E-state index in [9.17, 15) is 4.79 Å². The maximum Gasteiger partial charge on any atom is 0.242 e. The van der Waals surface area contributed by atoms with Gasteiger partial charge in [-0.3, -0.25) is 4.79 Å². The van der Waals surface area contributed by atoms with Crippen molar-refractivity contribution >= 4 is 5.91 Å². The van der Waals surface area contributed by atoms with E-state index in [1.54, 1.807) is 11.8 Å². The minimum Gasteiger partial charge on any atom is -0.422 e. The third kappa shape index (κ3) is 3.36. The monoisotopic (exact) mass is 281 g/mol. The fourth-order valence-corrected chi connectivity index (χ4v) is 1.86. The fraction of sp³-hybridized carbons (Fsp3) is 0.786. The molecule has 1 fully saturated rings. The van der Waals surface area contributed by atoms with Crippen LogP contribution < -0.4 is 0 Å². The van der Waals surface area contributed by atoms with Crippen molar-refractivity contribution in [3.8, 4) is 0 Å². The molecule has 0 spiro atoms. The van der Waals surface area contributed by atoms with Gasteiger partial charge in [0.05, 0.1) is 6.10 Å². The molecule has 1 atom stereocenters. The topological polar surface area (TPSA) is 68.5 Å².